The van der Waals surface area contributed by atoms with Gasteiger partial charge in [0.15, 0.2) is 0 Å². The van der Waals surface area contributed by atoms with Gasteiger partial charge in [-0.25, -0.2) is 4.98 Å². The lowest BCUT2D eigenvalue weighted by Crippen LogP contribution is -1.73. The van der Waals surface area contributed by atoms with Crippen LogP contribution >= 0.6 is 0 Å². The van der Waals surface area contributed by atoms with Crippen LogP contribution in [-0.2, 0) is 0 Å². The second-order valence-corrected chi connectivity index (χ2v) is 2.37. The van der Waals surface area contributed by atoms with Crippen LogP contribution in [0.15, 0.2) is 18.2 Å². The summed E-state index contributed by atoms with van der Waals surface area (Å²) in [6.07, 6.45) is -0.625. The first-order chi connectivity index (χ1) is 5.79. The molecule has 1 aromatic carbocycles. The van der Waals surface area contributed by atoms with Crippen molar-refractivity contribution in [3.05, 3.63) is 29.8 Å². The highest BCUT2D eigenvalue weighted by Crippen LogP contribution is 2.12. The number of H-pyrrole nitrogens is 1. The van der Waals surface area contributed by atoms with E-state index in [1.54, 1.807) is 18.2 Å². The van der Waals surface area contributed by atoms with E-state index in [4.69, 9.17) is 5.26 Å². The summed E-state index contributed by atoms with van der Waals surface area (Å²) in [6.45, 7) is 0. The van der Waals surface area contributed by atoms with Crippen molar-refractivity contribution in [2.45, 2.75) is 0 Å². The standard InChI is InChI=1S/C8H4FN3/c9-8-11-6-2-1-5(4-10)3-7(6)12-8/h1-3H,(H,11,12). The van der Waals surface area contributed by atoms with Crippen LogP contribution < -0.4 is 0 Å². The average Bonchev–Trinajstić information content (AvgIpc) is 2.43. The van der Waals surface area contributed by atoms with Crippen LogP contribution in [-0.4, -0.2) is 9.97 Å². The monoisotopic (exact) mass is 161 g/mol. The van der Waals surface area contributed by atoms with Gasteiger partial charge in [-0.1, -0.05) is 0 Å². The number of rotatable bonds is 0. The Morgan fingerprint density at radius 2 is 2.33 bits per heavy atom. The molecule has 0 bridgehead atoms. The summed E-state index contributed by atoms with van der Waals surface area (Å²) in [7, 11) is 0. The molecule has 2 rings (SSSR count). The summed E-state index contributed by atoms with van der Waals surface area (Å²) >= 11 is 0. The first-order valence-corrected chi connectivity index (χ1v) is 3.35. The summed E-state index contributed by atoms with van der Waals surface area (Å²) in [5.41, 5.74) is 1.57. The Morgan fingerprint density at radius 3 is 3.08 bits per heavy atom. The zero-order valence-electron chi connectivity index (χ0n) is 6.00. The summed E-state index contributed by atoms with van der Waals surface area (Å²) in [5, 5.41) is 8.53. The fourth-order valence-electron chi connectivity index (χ4n) is 1.05. The average molecular weight is 161 g/mol. The van der Waals surface area contributed by atoms with E-state index in [9.17, 15) is 4.39 Å². The van der Waals surface area contributed by atoms with Crippen molar-refractivity contribution in [1.29, 1.82) is 5.26 Å². The maximum atomic E-state index is 12.5. The molecule has 0 atom stereocenters. The number of nitrogens with one attached hydrogen (secondary N) is 1. The van der Waals surface area contributed by atoms with Crippen molar-refractivity contribution in [2.75, 3.05) is 0 Å². The molecule has 1 aromatic heterocycles. The Morgan fingerprint density at radius 1 is 1.50 bits per heavy atom. The Labute approximate surface area is 67.5 Å². The van der Waals surface area contributed by atoms with Crippen molar-refractivity contribution in [3.63, 3.8) is 0 Å². The van der Waals surface area contributed by atoms with Gasteiger partial charge in [0, 0.05) is 0 Å². The van der Waals surface area contributed by atoms with E-state index in [2.05, 4.69) is 9.97 Å². The zero-order valence-corrected chi connectivity index (χ0v) is 6.00. The minimum atomic E-state index is -0.625. The van der Waals surface area contributed by atoms with E-state index in [-0.39, 0.29) is 0 Å². The van der Waals surface area contributed by atoms with Crippen LogP contribution in [0.2, 0.25) is 0 Å². The maximum absolute atomic E-state index is 12.5. The number of aromatic nitrogens is 2. The molecule has 0 spiro atoms. The predicted molar refractivity (Wildman–Crippen MR) is 40.8 cm³/mol. The molecular formula is C8H4FN3. The molecule has 0 saturated heterocycles. The Bertz CT molecular complexity index is 467. The van der Waals surface area contributed by atoms with Crippen LogP contribution in [0, 0.1) is 17.4 Å². The Hall–Kier alpha value is -1.89. The van der Waals surface area contributed by atoms with Crippen LogP contribution in [0.3, 0.4) is 0 Å². The van der Waals surface area contributed by atoms with Crippen molar-refractivity contribution in [3.8, 4) is 6.07 Å². The molecule has 4 heteroatoms. The van der Waals surface area contributed by atoms with E-state index >= 15 is 0 Å². The van der Waals surface area contributed by atoms with Gasteiger partial charge in [0.05, 0.1) is 22.7 Å². The van der Waals surface area contributed by atoms with Gasteiger partial charge in [0.25, 0.3) is 6.08 Å². The second-order valence-electron chi connectivity index (χ2n) is 2.37. The van der Waals surface area contributed by atoms with Crippen LogP contribution in [0.1, 0.15) is 5.56 Å². The third-order valence-electron chi connectivity index (χ3n) is 1.58. The van der Waals surface area contributed by atoms with Gasteiger partial charge >= 0.3 is 0 Å². The molecule has 1 N–H and O–H groups in total. The highest BCUT2D eigenvalue weighted by atomic mass is 19.1. The molecule has 58 valence electrons. The van der Waals surface area contributed by atoms with Gasteiger partial charge in [-0.2, -0.15) is 9.65 Å². The SMILES string of the molecule is N#Cc1ccc2nc(F)[nH]c2c1. The van der Waals surface area contributed by atoms with E-state index in [1.807, 2.05) is 6.07 Å². The predicted octanol–water partition coefficient (Wildman–Crippen LogP) is 1.57. The minimum absolute atomic E-state index is 0.492. The summed E-state index contributed by atoms with van der Waals surface area (Å²) in [5.74, 6) is 0. The summed E-state index contributed by atoms with van der Waals surface area (Å²) < 4.78 is 12.5. The molecule has 0 aliphatic rings. The van der Waals surface area contributed by atoms with E-state index in [1.165, 1.54) is 0 Å². The number of nitriles is 1. The topological polar surface area (TPSA) is 52.5 Å². The lowest BCUT2D eigenvalue weighted by atomic mass is 10.2. The van der Waals surface area contributed by atoms with Gasteiger partial charge < -0.3 is 4.98 Å². The van der Waals surface area contributed by atoms with E-state index in [0.717, 1.165) is 0 Å². The van der Waals surface area contributed by atoms with Gasteiger partial charge in [-0.15, -0.1) is 0 Å². The molecule has 0 fully saturated rings. The molecule has 0 unspecified atom stereocenters. The van der Waals surface area contributed by atoms with E-state index < -0.39 is 6.08 Å². The lowest BCUT2D eigenvalue weighted by molar-refractivity contribution is 0.556. The van der Waals surface area contributed by atoms with Crippen molar-refractivity contribution in [2.24, 2.45) is 0 Å². The third-order valence-corrected chi connectivity index (χ3v) is 1.58. The van der Waals surface area contributed by atoms with E-state index in [0.29, 0.717) is 16.6 Å². The molecule has 2 aromatic rings. The lowest BCUT2D eigenvalue weighted by Gasteiger charge is -1.86. The normalized spacial score (nSPS) is 10.0. The van der Waals surface area contributed by atoms with Crippen molar-refractivity contribution < 1.29 is 4.39 Å². The smallest absolute Gasteiger partial charge is 0.287 e. The molecule has 0 amide bonds. The fourth-order valence-corrected chi connectivity index (χ4v) is 1.05. The number of hydrogen-bond acceptors (Lipinski definition) is 2. The minimum Gasteiger partial charge on any atom is -0.314 e. The third kappa shape index (κ3) is 0.920. The highest BCUT2D eigenvalue weighted by molar-refractivity contribution is 5.76. The number of halogens is 1. The molecule has 0 saturated carbocycles. The van der Waals surface area contributed by atoms with Crippen LogP contribution in [0.4, 0.5) is 4.39 Å². The van der Waals surface area contributed by atoms with Gasteiger partial charge in [0.2, 0.25) is 0 Å². The van der Waals surface area contributed by atoms with Gasteiger partial charge in [-0.3, -0.25) is 0 Å². The first kappa shape index (κ1) is 6.80. The number of fused-ring (bicyclic) bond motifs is 1. The highest BCUT2D eigenvalue weighted by Gasteiger charge is 2.01. The van der Waals surface area contributed by atoms with Crippen LogP contribution in [0.5, 0.6) is 0 Å². The first-order valence-electron chi connectivity index (χ1n) is 3.35. The number of hydrogen-bond donors (Lipinski definition) is 1. The zero-order chi connectivity index (χ0) is 8.55. The molecule has 1 heterocycles. The Balaban J connectivity index is 2.77. The summed E-state index contributed by atoms with van der Waals surface area (Å²) in [6, 6.07) is 6.72. The number of imidazole rings is 1. The molecule has 3 nitrogen and oxygen atoms in total. The molecule has 0 aliphatic heterocycles. The molecular weight excluding hydrogens is 157 g/mol. The van der Waals surface area contributed by atoms with Gasteiger partial charge in [-0.05, 0) is 18.2 Å². The largest absolute Gasteiger partial charge is 0.314 e. The number of aromatic amines is 1. The van der Waals surface area contributed by atoms with Gasteiger partial charge in [0.1, 0.15) is 0 Å². The second kappa shape index (κ2) is 2.31. The number of nitrogens with zero attached hydrogens (tertiary/aromatic N) is 2. The molecule has 12 heavy (non-hydrogen) atoms. The van der Waals surface area contributed by atoms with Crippen molar-refractivity contribution >= 4 is 11.0 Å². The fraction of sp³-hybridized carbons (Fsp3) is 0. The summed E-state index contributed by atoms with van der Waals surface area (Å²) in [4.78, 5) is 5.96. The quantitative estimate of drug-likeness (QED) is 0.637. The molecule has 0 aliphatic carbocycles. The Kier molecular flexibility index (Phi) is 1.31. The maximum Gasteiger partial charge on any atom is 0.287 e. The number of benzene rings is 1. The van der Waals surface area contributed by atoms with Crippen molar-refractivity contribution in [1.82, 2.24) is 9.97 Å². The van der Waals surface area contributed by atoms with Crippen LogP contribution in [0.25, 0.3) is 11.0 Å². The molecule has 0 radical (unpaired) electrons.